The number of aliphatic hydroxyl groups is 2. The van der Waals surface area contributed by atoms with Crippen molar-refractivity contribution in [2.24, 2.45) is 11.8 Å². The Hall–Kier alpha value is -1.29. The summed E-state index contributed by atoms with van der Waals surface area (Å²) in [6, 6.07) is 0. The normalized spacial score (nSPS) is 52.4. The highest BCUT2D eigenvalue weighted by Crippen LogP contribution is 2.54. The van der Waals surface area contributed by atoms with Crippen LogP contribution in [-0.2, 0) is 47.4 Å². The largest absolute Gasteiger partial charge is 0.394 e. The average Bonchev–Trinajstić information content (AvgIpc) is 3.79. The second-order valence-corrected chi connectivity index (χ2v) is 17.4. The predicted molar refractivity (Wildman–Crippen MR) is 184 cm³/mol. The molecule has 12 heteroatoms. The number of carbonyl (C=O) groups excluding carboxylic acids is 1. The van der Waals surface area contributed by atoms with E-state index in [-0.39, 0.29) is 123 Å². The molecule has 10 fully saturated rings. The van der Waals surface area contributed by atoms with Crippen LogP contribution in [0.2, 0.25) is 0 Å². The number of carbonyl (C=O) groups is 1. The Kier molecular flexibility index (Phi) is 10.0. The summed E-state index contributed by atoms with van der Waals surface area (Å²) in [5, 5.41) is 20.1. The number of methoxy groups -OCH3 is 1. The molecule has 0 radical (unpaired) electrons. The standard InChI is InChI=1S/C40H58O12/c1-19-11-24-5-7-28-20(2)12-26(45-28)9-10-40-17-33-36(51-40)37-38(50-33)39(52-40)35-29(49-37)8-6-25(47-35)13-22(42)14-27-31(16-30(46-24)21(19)3)48-32(34(27)44-4)15-23(43)18-41/h19,23-39,41,43H,2-3,5-18H2,1,4H3/t19-,23+,24+,25-,26+,27+,28+,29+,30-,31+,32-,33+,34-,35+,36+,37?,38-,39+,40+/m1/s1. The number of hydrogen-bond acceptors (Lipinski definition) is 12. The number of rotatable bonds is 4. The van der Waals surface area contributed by atoms with Crippen molar-refractivity contribution in [3.63, 3.8) is 0 Å². The summed E-state index contributed by atoms with van der Waals surface area (Å²) in [6.45, 7) is 10.7. The summed E-state index contributed by atoms with van der Waals surface area (Å²) in [5.41, 5.74) is 2.17. The maximum atomic E-state index is 14.0. The van der Waals surface area contributed by atoms with E-state index >= 15 is 0 Å². The van der Waals surface area contributed by atoms with Gasteiger partial charge in [-0.1, -0.05) is 20.1 Å². The molecule has 12 nitrogen and oxygen atoms in total. The maximum absolute atomic E-state index is 14.0. The third-order valence-corrected chi connectivity index (χ3v) is 13.9. The molecule has 0 saturated carbocycles. The van der Waals surface area contributed by atoms with Crippen LogP contribution in [0.1, 0.15) is 90.4 Å². The van der Waals surface area contributed by atoms with Gasteiger partial charge in [0.15, 0.2) is 5.79 Å². The van der Waals surface area contributed by atoms with Gasteiger partial charge in [-0.25, -0.2) is 0 Å². The van der Waals surface area contributed by atoms with Gasteiger partial charge in [0.25, 0.3) is 0 Å². The van der Waals surface area contributed by atoms with E-state index in [0.29, 0.717) is 25.7 Å². The minimum Gasteiger partial charge on any atom is -0.394 e. The SMILES string of the molecule is C=C1C[C@@H]2CC[C@@]34C[C@@H]5O[C@@H]6C(O[C@H]7CC[C@H](CC(=O)C[C@@H]8[C@@H](OC)[C@@H](C[C@H](O)CO)O[C@H]8C[C@H]8O[C@@H](CC[C@@H]1O2)C[C@@H](C)C8=C)O[C@@H]7[C@@H]6O3)[C@H]5O4. The number of ether oxygens (including phenoxy) is 9. The zero-order valence-corrected chi connectivity index (χ0v) is 30.7. The van der Waals surface area contributed by atoms with Crippen LogP contribution >= 0.6 is 0 Å². The second-order valence-electron chi connectivity index (χ2n) is 17.4. The molecule has 10 saturated heterocycles. The van der Waals surface area contributed by atoms with Crippen LogP contribution in [0.4, 0.5) is 0 Å². The third-order valence-electron chi connectivity index (χ3n) is 13.9. The predicted octanol–water partition coefficient (Wildman–Crippen LogP) is 3.47. The molecular weight excluding hydrogens is 672 g/mol. The molecule has 10 aliphatic rings. The van der Waals surface area contributed by atoms with Crippen LogP contribution in [-0.4, -0.2) is 133 Å². The van der Waals surface area contributed by atoms with Gasteiger partial charge in [-0.05, 0) is 62.0 Å². The number of fused-ring (bicyclic) bond motifs is 6. The molecule has 1 spiro atoms. The lowest BCUT2D eigenvalue weighted by molar-refractivity contribution is -0.292. The number of ketones is 1. The van der Waals surface area contributed by atoms with E-state index in [4.69, 9.17) is 42.6 Å². The van der Waals surface area contributed by atoms with E-state index in [1.165, 1.54) is 0 Å². The lowest BCUT2D eigenvalue weighted by atomic mass is 9.81. The van der Waals surface area contributed by atoms with Gasteiger partial charge in [-0.15, -0.1) is 0 Å². The Balaban J connectivity index is 0.994. The quantitative estimate of drug-likeness (QED) is 0.410. The minimum absolute atomic E-state index is 0.0260. The first kappa shape index (κ1) is 36.4. The van der Waals surface area contributed by atoms with Crippen molar-refractivity contribution in [3.8, 4) is 0 Å². The fraction of sp³-hybridized carbons (Fsp3) is 0.875. The van der Waals surface area contributed by atoms with Crippen molar-refractivity contribution in [2.75, 3.05) is 13.7 Å². The topological polar surface area (TPSA) is 141 Å². The zero-order valence-electron chi connectivity index (χ0n) is 30.7. The first-order valence-electron chi connectivity index (χ1n) is 20.1. The highest BCUT2D eigenvalue weighted by atomic mass is 16.8. The van der Waals surface area contributed by atoms with Crippen molar-refractivity contribution >= 4 is 5.78 Å². The van der Waals surface area contributed by atoms with E-state index in [9.17, 15) is 15.0 Å². The molecule has 10 rings (SSSR count). The smallest absolute Gasteiger partial charge is 0.172 e. The first-order chi connectivity index (χ1) is 25.1. The number of aliphatic hydroxyl groups excluding tert-OH is 2. The monoisotopic (exact) mass is 730 g/mol. The Labute approximate surface area is 306 Å². The molecule has 0 aromatic rings. The third kappa shape index (κ3) is 6.59. The van der Waals surface area contributed by atoms with Crippen LogP contribution in [0.25, 0.3) is 0 Å². The molecule has 0 aromatic heterocycles. The summed E-state index contributed by atoms with van der Waals surface area (Å²) in [5.74, 6) is -0.709. The van der Waals surface area contributed by atoms with Crippen LogP contribution in [0.3, 0.4) is 0 Å². The van der Waals surface area contributed by atoms with E-state index in [2.05, 4.69) is 20.1 Å². The molecule has 0 amide bonds. The minimum atomic E-state index is -0.951. The highest BCUT2D eigenvalue weighted by molar-refractivity contribution is 5.79. The van der Waals surface area contributed by atoms with E-state index < -0.39 is 24.1 Å². The van der Waals surface area contributed by atoms with Crippen molar-refractivity contribution in [1.29, 1.82) is 0 Å². The Morgan fingerprint density at radius 2 is 1.54 bits per heavy atom. The molecule has 19 atom stereocenters. The maximum Gasteiger partial charge on any atom is 0.172 e. The van der Waals surface area contributed by atoms with E-state index in [0.717, 1.165) is 49.7 Å². The lowest BCUT2D eigenvalue weighted by Crippen LogP contribution is -2.61. The highest BCUT2D eigenvalue weighted by Gasteiger charge is 2.68. The van der Waals surface area contributed by atoms with Crippen LogP contribution in [0.5, 0.6) is 0 Å². The Morgan fingerprint density at radius 1 is 0.788 bits per heavy atom. The molecule has 12 bridgehead atoms. The fourth-order valence-electron chi connectivity index (χ4n) is 11.3. The van der Waals surface area contributed by atoms with Gasteiger partial charge >= 0.3 is 0 Å². The Morgan fingerprint density at radius 3 is 2.37 bits per heavy atom. The number of Topliss-reactive ketones (excluding diaryl/α,β-unsaturated/α-hetero) is 1. The van der Waals surface area contributed by atoms with Gasteiger partial charge < -0.3 is 52.8 Å². The molecule has 0 aliphatic carbocycles. The van der Waals surface area contributed by atoms with Gasteiger partial charge in [0, 0.05) is 51.6 Å². The molecule has 290 valence electrons. The average molecular weight is 731 g/mol. The van der Waals surface area contributed by atoms with Crippen molar-refractivity contribution in [1.82, 2.24) is 0 Å². The van der Waals surface area contributed by atoms with E-state index in [1.807, 2.05) is 0 Å². The Bertz CT molecular complexity index is 1370. The van der Waals surface area contributed by atoms with Crippen molar-refractivity contribution in [2.45, 2.75) is 194 Å². The molecule has 10 aliphatic heterocycles. The van der Waals surface area contributed by atoms with Crippen molar-refractivity contribution in [3.05, 3.63) is 24.3 Å². The molecule has 52 heavy (non-hydrogen) atoms. The molecule has 1 unspecified atom stereocenters. The molecule has 2 N–H and O–H groups in total. The van der Waals surface area contributed by atoms with Crippen LogP contribution < -0.4 is 0 Å². The number of hydrogen-bond donors (Lipinski definition) is 2. The van der Waals surface area contributed by atoms with Gasteiger partial charge in [-0.2, -0.15) is 0 Å². The first-order valence-corrected chi connectivity index (χ1v) is 20.1. The summed E-state index contributed by atoms with van der Waals surface area (Å²) in [6.07, 6.45) is 4.01. The fourth-order valence-corrected chi connectivity index (χ4v) is 11.3. The van der Waals surface area contributed by atoms with Gasteiger partial charge in [0.2, 0.25) is 0 Å². The van der Waals surface area contributed by atoms with Crippen LogP contribution in [0, 0.1) is 11.8 Å². The van der Waals surface area contributed by atoms with Crippen molar-refractivity contribution < 1.29 is 57.6 Å². The summed E-state index contributed by atoms with van der Waals surface area (Å²) in [4.78, 5) is 14.0. The summed E-state index contributed by atoms with van der Waals surface area (Å²) < 4.78 is 59.8. The molecule has 0 aromatic carbocycles. The van der Waals surface area contributed by atoms with Crippen LogP contribution in [0.15, 0.2) is 24.3 Å². The van der Waals surface area contributed by atoms with Gasteiger partial charge in [0.05, 0.1) is 73.8 Å². The second kappa shape index (κ2) is 14.3. The zero-order chi connectivity index (χ0) is 35.9. The lowest BCUT2D eigenvalue weighted by Gasteiger charge is -2.47. The molecule has 10 heterocycles. The van der Waals surface area contributed by atoms with Gasteiger partial charge in [-0.3, -0.25) is 4.79 Å². The van der Waals surface area contributed by atoms with Gasteiger partial charge in [0.1, 0.15) is 36.3 Å². The van der Waals surface area contributed by atoms with E-state index in [1.54, 1.807) is 7.11 Å². The summed E-state index contributed by atoms with van der Waals surface area (Å²) in [7, 11) is 1.63. The summed E-state index contributed by atoms with van der Waals surface area (Å²) >= 11 is 0. The molecular formula is C40H58O12.